The predicted molar refractivity (Wildman–Crippen MR) is 59.7 cm³/mol. The van der Waals surface area contributed by atoms with Gasteiger partial charge in [0.15, 0.2) is 0 Å². The Kier molecular flexibility index (Phi) is 3.59. The highest BCUT2D eigenvalue weighted by molar-refractivity contribution is 5.82. The molecule has 0 radical (unpaired) electrons. The number of nitrogens with zero attached hydrogens (tertiary/aromatic N) is 1. The van der Waals surface area contributed by atoms with Crippen molar-refractivity contribution >= 4 is 5.91 Å². The number of amides is 1. The molecule has 2 rings (SSSR count). The molecule has 1 amide bonds. The zero-order chi connectivity index (χ0) is 10.7. The minimum atomic E-state index is 0.0871. The summed E-state index contributed by atoms with van der Waals surface area (Å²) in [6.45, 7) is 5.78. The van der Waals surface area contributed by atoms with E-state index in [9.17, 15) is 4.79 Å². The van der Waals surface area contributed by atoms with Crippen molar-refractivity contribution in [3.05, 3.63) is 0 Å². The van der Waals surface area contributed by atoms with Gasteiger partial charge >= 0.3 is 0 Å². The maximum Gasteiger partial charge on any atom is 0.239 e. The fraction of sp³-hybridized carbons (Fsp3) is 0.909. The Labute approximate surface area is 91.4 Å². The molecule has 2 N–H and O–H groups in total. The summed E-state index contributed by atoms with van der Waals surface area (Å²) in [7, 11) is 0. The first-order chi connectivity index (χ1) is 7.27. The van der Waals surface area contributed by atoms with E-state index in [0.29, 0.717) is 11.9 Å². The fourth-order valence-electron chi connectivity index (χ4n) is 2.42. The average molecular weight is 211 g/mol. The highest BCUT2D eigenvalue weighted by Crippen LogP contribution is 2.11. The third-order valence-corrected chi connectivity index (χ3v) is 3.29. The highest BCUT2D eigenvalue weighted by atomic mass is 16.2. The Morgan fingerprint density at radius 2 is 2.13 bits per heavy atom. The minimum Gasteiger partial charge on any atom is -0.339 e. The number of piperazine rings is 1. The normalized spacial score (nSPS) is 32.7. The number of rotatable bonds is 1. The van der Waals surface area contributed by atoms with Gasteiger partial charge in [0, 0.05) is 25.7 Å². The van der Waals surface area contributed by atoms with Gasteiger partial charge < -0.3 is 15.5 Å². The van der Waals surface area contributed by atoms with Gasteiger partial charge in [-0.25, -0.2) is 0 Å². The molecule has 2 fully saturated rings. The van der Waals surface area contributed by atoms with E-state index in [1.807, 2.05) is 4.90 Å². The van der Waals surface area contributed by atoms with Crippen LogP contribution in [-0.2, 0) is 4.79 Å². The summed E-state index contributed by atoms with van der Waals surface area (Å²) < 4.78 is 0. The first-order valence-electron chi connectivity index (χ1n) is 6.03. The smallest absolute Gasteiger partial charge is 0.239 e. The van der Waals surface area contributed by atoms with E-state index in [-0.39, 0.29) is 6.04 Å². The predicted octanol–water partition coefficient (Wildman–Crippen LogP) is -0.0512. The molecule has 2 saturated heterocycles. The SMILES string of the molecule is CC1CN(C(=O)[C@H]2CCCCN2)CCN1. The highest BCUT2D eigenvalue weighted by Gasteiger charge is 2.27. The summed E-state index contributed by atoms with van der Waals surface area (Å²) in [6.07, 6.45) is 3.41. The van der Waals surface area contributed by atoms with Crippen LogP contribution in [0.15, 0.2) is 0 Å². The third-order valence-electron chi connectivity index (χ3n) is 3.29. The van der Waals surface area contributed by atoms with Crippen LogP contribution in [-0.4, -0.2) is 49.1 Å². The van der Waals surface area contributed by atoms with Gasteiger partial charge in [-0.2, -0.15) is 0 Å². The number of hydrogen-bond donors (Lipinski definition) is 2. The van der Waals surface area contributed by atoms with Crippen LogP contribution in [0.2, 0.25) is 0 Å². The summed E-state index contributed by atoms with van der Waals surface area (Å²) in [4.78, 5) is 14.1. The third kappa shape index (κ3) is 2.69. The van der Waals surface area contributed by atoms with Gasteiger partial charge in [0.2, 0.25) is 5.91 Å². The van der Waals surface area contributed by atoms with Crippen molar-refractivity contribution in [1.82, 2.24) is 15.5 Å². The second-order valence-electron chi connectivity index (χ2n) is 4.64. The number of carbonyl (C=O) groups is 1. The molecule has 1 unspecified atom stereocenters. The van der Waals surface area contributed by atoms with E-state index in [1.165, 1.54) is 12.8 Å². The van der Waals surface area contributed by atoms with Crippen molar-refractivity contribution in [3.8, 4) is 0 Å². The largest absolute Gasteiger partial charge is 0.339 e. The molecule has 0 aromatic carbocycles. The Hall–Kier alpha value is -0.610. The first kappa shape index (κ1) is 10.9. The second kappa shape index (κ2) is 4.94. The summed E-state index contributed by atoms with van der Waals surface area (Å²) in [5.41, 5.74) is 0. The molecule has 0 saturated carbocycles. The summed E-state index contributed by atoms with van der Waals surface area (Å²) in [5, 5.41) is 6.67. The molecule has 0 aliphatic carbocycles. The van der Waals surface area contributed by atoms with Gasteiger partial charge in [0.1, 0.15) is 0 Å². The van der Waals surface area contributed by atoms with Crippen molar-refractivity contribution in [2.75, 3.05) is 26.2 Å². The molecular formula is C11H21N3O. The van der Waals surface area contributed by atoms with Crippen LogP contribution >= 0.6 is 0 Å². The lowest BCUT2D eigenvalue weighted by atomic mass is 10.0. The summed E-state index contributed by atoms with van der Waals surface area (Å²) in [5.74, 6) is 0.308. The fourth-order valence-corrected chi connectivity index (χ4v) is 2.42. The molecule has 0 bridgehead atoms. The lowest BCUT2D eigenvalue weighted by molar-refractivity contribution is -0.135. The topological polar surface area (TPSA) is 44.4 Å². The van der Waals surface area contributed by atoms with E-state index in [1.54, 1.807) is 0 Å². The second-order valence-corrected chi connectivity index (χ2v) is 4.64. The quantitative estimate of drug-likeness (QED) is 0.639. The Bertz CT molecular complexity index is 226. The number of hydrogen-bond acceptors (Lipinski definition) is 3. The van der Waals surface area contributed by atoms with E-state index >= 15 is 0 Å². The van der Waals surface area contributed by atoms with Gasteiger partial charge in [-0.15, -0.1) is 0 Å². The number of nitrogens with one attached hydrogen (secondary N) is 2. The van der Waals surface area contributed by atoms with Crippen LogP contribution < -0.4 is 10.6 Å². The molecule has 2 atom stereocenters. The van der Waals surface area contributed by atoms with Gasteiger partial charge in [-0.1, -0.05) is 6.42 Å². The Morgan fingerprint density at radius 3 is 2.80 bits per heavy atom. The molecule has 2 aliphatic heterocycles. The molecule has 2 aliphatic rings. The van der Waals surface area contributed by atoms with Crippen LogP contribution in [0.4, 0.5) is 0 Å². The van der Waals surface area contributed by atoms with Crippen LogP contribution in [0, 0.1) is 0 Å². The van der Waals surface area contributed by atoms with E-state index in [2.05, 4.69) is 17.6 Å². The van der Waals surface area contributed by atoms with Gasteiger partial charge in [0.05, 0.1) is 6.04 Å². The van der Waals surface area contributed by atoms with Gasteiger partial charge in [-0.05, 0) is 26.3 Å². The van der Waals surface area contributed by atoms with Crippen LogP contribution in [0.25, 0.3) is 0 Å². The molecule has 0 aromatic heterocycles. The monoisotopic (exact) mass is 211 g/mol. The molecular weight excluding hydrogens is 190 g/mol. The first-order valence-corrected chi connectivity index (χ1v) is 6.03. The summed E-state index contributed by atoms with van der Waals surface area (Å²) >= 11 is 0. The van der Waals surface area contributed by atoms with Crippen molar-refractivity contribution < 1.29 is 4.79 Å². The van der Waals surface area contributed by atoms with Crippen LogP contribution in [0.5, 0.6) is 0 Å². The lowest BCUT2D eigenvalue weighted by Gasteiger charge is -2.35. The summed E-state index contributed by atoms with van der Waals surface area (Å²) in [6, 6.07) is 0.523. The Morgan fingerprint density at radius 1 is 1.27 bits per heavy atom. The van der Waals surface area contributed by atoms with Crippen LogP contribution in [0.1, 0.15) is 26.2 Å². The van der Waals surface area contributed by atoms with Gasteiger partial charge in [0.25, 0.3) is 0 Å². The number of piperidine rings is 1. The molecule has 15 heavy (non-hydrogen) atoms. The molecule has 4 nitrogen and oxygen atoms in total. The zero-order valence-corrected chi connectivity index (χ0v) is 9.46. The van der Waals surface area contributed by atoms with E-state index < -0.39 is 0 Å². The molecule has 0 spiro atoms. The van der Waals surface area contributed by atoms with Gasteiger partial charge in [-0.3, -0.25) is 4.79 Å². The van der Waals surface area contributed by atoms with Crippen molar-refractivity contribution in [1.29, 1.82) is 0 Å². The van der Waals surface area contributed by atoms with Crippen molar-refractivity contribution in [3.63, 3.8) is 0 Å². The maximum absolute atomic E-state index is 12.1. The number of carbonyl (C=O) groups excluding carboxylic acids is 1. The van der Waals surface area contributed by atoms with E-state index in [4.69, 9.17) is 0 Å². The van der Waals surface area contributed by atoms with Crippen molar-refractivity contribution in [2.45, 2.75) is 38.3 Å². The Balaban J connectivity index is 1.88. The molecule has 0 aromatic rings. The molecule has 4 heteroatoms. The zero-order valence-electron chi connectivity index (χ0n) is 9.46. The van der Waals surface area contributed by atoms with E-state index in [0.717, 1.165) is 32.6 Å². The van der Waals surface area contributed by atoms with Crippen molar-refractivity contribution in [2.24, 2.45) is 0 Å². The average Bonchev–Trinajstić information content (AvgIpc) is 2.29. The molecule has 86 valence electrons. The van der Waals surface area contributed by atoms with Crippen LogP contribution in [0.3, 0.4) is 0 Å². The maximum atomic E-state index is 12.1. The standard InChI is InChI=1S/C11H21N3O/c1-9-8-14(7-6-12-9)11(15)10-4-2-3-5-13-10/h9-10,12-13H,2-8H2,1H3/t9?,10-/m1/s1. The molecule has 2 heterocycles. The lowest BCUT2D eigenvalue weighted by Crippen LogP contribution is -2.56. The minimum absolute atomic E-state index is 0.0871.